The molecule has 0 aromatic heterocycles. The van der Waals surface area contributed by atoms with Gasteiger partial charge in [0.2, 0.25) is 0 Å². The Morgan fingerprint density at radius 2 is 1.44 bits per heavy atom. The minimum Gasteiger partial charge on any atom is -0.423 e. The molecule has 0 atom stereocenters. The van der Waals surface area contributed by atoms with E-state index in [1.165, 1.54) is 60.7 Å². The zero-order valence-corrected chi connectivity index (χ0v) is 16.0. The highest BCUT2D eigenvalue weighted by Crippen LogP contribution is 2.31. The maximum absolute atomic E-state index is 12.8. The first-order valence-electron chi connectivity index (χ1n) is 9.00. The molecule has 11 heteroatoms. The molecule has 0 saturated heterocycles. The van der Waals surface area contributed by atoms with E-state index < -0.39 is 27.6 Å². The van der Waals surface area contributed by atoms with Crippen LogP contribution in [0.15, 0.2) is 66.7 Å². The van der Waals surface area contributed by atoms with Gasteiger partial charge in [0.1, 0.15) is 5.75 Å². The number of carbonyl (C=O) groups excluding carboxylic acids is 3. The average Bonchev–Trinajstić information content (AvgIpc) is 3.03. The van der Waals surface area contributed by atoms with Gasteiger partial charge in [0.25, 0.3) is 23.2 Å². The first kappa shape index (κ1) is 20.3. The maximum Gasteiger partial charge on any atom is 0.343 e. The number of esters is 1. The van der Waals surface area contributed by atoms with Crippen molar-refractivity contribution >= 4 is 34.8 Å². The van der Waals surface area contributed by atoms with Crippen LogP contribution in [0.25, 0.3) is 0 Å². The lowest BCUT2D eigenvalue weighted by molar-refractivity contribution is -0.385. The number of hydrogen-bond acceptors (Lipinski definition) is 8. The quantitative estimate of drug-likeness (QED) is 0.195. The molecule has 11 nitrogen and oxygen atoms in total. The van der Waals surface area contributed by atoms with Crippen LogP contribution in [0, 0.1) is 20.2 Å². The number of nitrogens with zero attached hydrogens (tertiary/aromatic N) is 3. The molecular weight excluding hydrogens is 422 g/mol. The van der Waals surface area contributed by atoms with Crippen LogP contribution in [-0.4, -0.2) is 27.6 Å². The van der Waals surface area contributed by atoms with Crippen LogP contribution < -0.4 is 9.64 Å². The number of imide groups is 1. The Morgan fingerprint density at radius 1 is 0.781 bits per heavy atom. The molecule has 2 amide bonds. The summed E-state index contributed by atoms with van der Waals surface area (Å²) in [5.74, 6) is -2.20. The maximum atomic E-state index is 12.8. The summed E-state index contributed by atoms with van der Waals surface area (Å²) in [7, 11) is 0. The molecule has 0 bridgehead atoms. The zero-order chi connectivity index (χ0) is 23.0. The van der Waals surface area contributed by atoms with E-state index in [1.807, 2.05) is 0 Å². The molecule has 3 aromatic carbocycles. The fourth-order valence-electron chi connectivity index (χ4n) is 3.15. The molecule has 4 rings (SSSR count). The summed E-state index contributed by atoms with van der Waals surface area (Å²) in [6.45, 7) is 0. The molecule has 1 aliphatic rings. The first-order chi connectivity index (χ1) is 15.3. The lowest BCUT2D eigenvalue weighted by Gasteiger charge is -2.13. The van der Waals surface area contributed by atoms with Gasteiger partial charge in [0.05, 0.1) is 32.2 Å². The number of ether oxygens (including phenoxy) is 1. The van der Waals surface area contributed by atoms with Gasteiger partial charge in [0, 0.05) is 24.3 Å². The molecular formula is C21H11N3O8. The van der Waals surface area contributed by atoms with Crippen LogP contribution in [0.2, 0.25) is 0 Å². The van der Waals surface area contributed by atoms with Crippen LogP contribution in [0.1, 0.15) is 31.1 Å². The summed E-state index contributed by atoms with van der Waals surface area (Å²) in [5, 5.41) is 21.7. The molecule has 0 aliphatic carbocycles. The second kappa shape index (κ2) is 7.72. The van der Waals surface area contributed by atoms with E-state index in [1.54, 1.807) is 0 Å². The van der Waals surface area contributed by atoms with Crippen LogP contribution in [0.4, 0.5) is 17.1 Å². The number of nitro benzene ring substituents is 2. The lowest BCUT2D eigenvalue weighted by atomic mass is 10.1. The molecule has 158 valence electrons. The highest BCUT2D eigenvalue weighted by molar-refractivity contribution is 6.34. The molecule has 32 heavy (non-hydrogen) atoms. The number of fused-ring (bicyclic) bond motifs is 1. The van der Waals surface area contributed by atoms with Crippen molar-refractivity contribution in [3.8, 4) is 5.75 Å². The minimum atomic E-state index is -0.837. The van der Waals surface area contributed by atoms with Gasteiger partial charge in [-0.25, -0.2) is 9.69 Å². The molecule has 1 heterocycles. The molecule has 0 radical (unpaired) electrons. The van der Waals surface area contributed by atoms with Crippen LogP contribution >= 0.6 is 0 Å². The summed E-state index contributed by atoms with van der Waals surface area (Å²) >= 11 is 0. The third-order valence-electron chi connectivity index (χ3n) is 4.68. The SMILES string of the molecule is O=C(Oc1ccc([N+](=O)[O-])cc1)c1ccc2c(c1)C(=O)N(c1cccc([N+](=O)[O-])c1)C2=O. The minimum absolute atomic E-state index is 0.0239. The van der Waals surface area contributed by atoms with E-state index in [9.17, 15) is 34.6 Å². The van der Waals surface area contributed by atoms with Gasteiger partial charge in [-0.05, 0) is 36.4 Å². The van der Waals surface area contributed by atoms with Crippen LogP contribution in [0.5, 0.6) is 5.75 Å². The molecule has 0 unspecified atom stereocenters. The van der Waals surface area contributed by atoms with Gasteiger partial charge in [-0.15, -0.1) is 0 Å². The van der Waals surface area contributed by atoms with Crippen LogP contribution in [0.3, 0.4) is 0 Å². The Labute approximate surface area is 178 Å². The predicted octanol–water partition coefficient (Wildman–Crippen LogP) is 3.52. The zero-order valence-electron chi connectivity index (χ0n) is 16.0. The Bertz CT molecular complexity index is 1320. The van der Waals surface area contributed by atoms with Gasteiger partial charge in [-0.3, -0.25) is 29.8 Å². The number of nitro groups is 2. The van der Waals surface area contributed by atoms with Crippen molar-refractivity contribution in [1.29, 1.82) is 0 Å². The number of non-ortho nitro benzene ring substituents is 2. The number of carbonyl (C=O) groups is 3. The second-order valence-corrected chi connectivity index (χ2v) is 6.62. The summed E-state index contributed by atoms with van der Waals surface area (Å²) in [6.07, 6.45) is 0. The number of hydrogen-bond donors (Lipinski definition) is 0. The molecule has 0 spiro atoms. The topological polar surface area (TPSA) is 150 Å². The van der Waals surface area contributed by atoms with E-state index in [-0.39, 0.29) is 39.5 Å². The third-order valence-corrected chi connectivity index (χ3v) is 4.68. The Hall–Kier alpha value is -4.93. The first-order valence-corrected chi connectivity index (χ1v) is 9.00. The molecule has 0 fully saturated rings. The van der Waals surface area contributed by atoms with Crippen molar-refractivity contribution in [2.24, 2.45) is 0 Å². The smallest absolute Gasteiger partial charge is 0.343 e. The molecule has 0 saturated carbocycles. The Balaban J connectivity index is 1.60. The Morgan fingerprint density at radius 3 is 2.09 bits per heavy atom. The molecule has 0 N–H and O–H groups in total. The van der Waals surface area contributed by atoms with Crippen LogP contribution in [-0.2, 0) is 0 Å². The molecule has 3 aromatic rings. The van der Waals surface area contributed by atoms with Gasteiger partial charge in [-0.1, -0.05) is 6.07 Å². The predicted molar refractivity (Wildman–Crippen MR) is 109 cm³/mol. The van der Waals surface area contributed by atoms with Gasteiger partial charge >= 0.3 is 5.97 Å². The van der Waals surface area contributed by atoms with Gasteiger partial charge < -0.3 is 4.74 Å². The second-order valence-electron chi connectivity index (χ2n) is 6.62. The lowest BCUT2D eigenvalue weighted by Crippen LogP contribution is -2.29. The van der Waals surface area contributed by atoms with Crippen molar-refractivity contribution in [2.75, 3.05) is 4.90 Å². The van der Waals surface area contributed by atoms with Gasteiger partial charge in [0.15, 0.2) is 0 Å². The fourth-order valence-corrected chi connectivity index (χ4v) is 3.15. The summed E-state index contributed by atoms with van der Waals surface area (Å²) in [4.78, 5) is 59.3. The summed E-state index contributed by atoms with van der Waals surface area (Å²) in [5.41, 5.74) is -0.475. The van der Waals surface area contributed by atoms with Crippen molar-refractivity contribution in [1.82, 2.24) is 0 Å². The van der Waals surface area contributed by atoms with Crippen molar-refractivity contribution in [3.63, 3.8) is 0 Å². The number of rotatable bonds is 5. The number of anilines is 1. The monoisotopic (exact) mass is 433 g/mol. The van der Waals surface area contributed by atoms with E-state index in [0.717, 1.165) is 11.0 Å². The van der Waals surface area contributed by atoms with E-state index >= 15 is 0 Å². The fraction of sp³-hybridized carbons (Fsp3) is 0. The van der Waals surface area contributed by atoms with E-state index in [2.05, 4.69) is 0 Å². The molecule has 1 aliphatic heterocycles. The largest absolute Gasteiger partial charge is 0.423 e. The highest BCUT2D eigenvalue weighted by atomic mass is 16.6. The number of benzene rings is 3. The van der Waals surface area contributed by atoms with Crippen molar-refractivity contribution in [3.05, 3.63) is 104 Å². The summed E-state index contributed by atoms with van der Waals surface area (Å²) < 4.78 is 5.16. The van der Waals surface area contributed by atoms with Gasteiger partial charge in [-0.2, -0.15) is 0 Å². The normalized spacial score (nSPS) is 12.4. The number of amides is 2. The van der Waals surface area contributed by atoms with Crippen molar-refractivity contribution in [2.45, 2.75) is 0 Å². The average molecular weight is 433 g/mol. The van der Waals surface area contributed by atoms with Crippen molar-refractivity contribution < 1.29 is 29.0 Å². The summed E-state index contributed by atoms with van der Waals surface area (Å²) in [6, 6.07) is 13.7. The Kier molecular flexibility index (Phi) is 4.91. The standard InChI is InChI=1S/C21H11N3O8/c25-19-17-9-4-12(21(27)32-16-7-5-13(6-8-16)23(28)29)10-18(17)20(26)22(19)14-2-1-3-15(11-14)24(30)31/h1-11H. The highest BCUT2D eigenvalue weighted by Gasteiger charge is 2.37. The third kappa shape index (κ3) is 3.54. The van der Waals surface area contributed by atoms with E-state index in [0.29, 0.717) is 0 Å². The van der Waals surface area contributed by atoms with E-state index in [4.69, 9.17) is 4.74 Å².